The Kier molecular flexibility index (Phi) is 4.91. The SMILES string of the molecule is CC(CNC1CCCC1)Oc1ccccc1C(F)(F)F. The van der Waals surface area contributed by atoms with Crippen LogP contribution in [0.5, 0.6) is 5.75 Å². The van der Waals surface area contributed by atoms with E-state index in [0.29, 0.717) is 12.6 Å². The highest BCUT2D eigenvalue weighted by Crippen LogP contribution is 2.36. The van der Waals surface area contributed by atoms with E-state index >= 15 is 0 Å². The van der Waals surface area contributed by atoms with Crippen LogP contribution in [-0.4, -0.2) is 18.7 Å². The molecule has 0 heterocycles. The zero-order valence-corrected chi connectivity index (χ0v) is 11.5. The molecule has 20 heavy (non-hydrogen) atoms. The topological polar surface area (TPSA) is 21.3 Å². The zero-order valence-electron chi connectivity index (χ0n) is 11.5. The van der Waals surface area contributed by atoms with Gasteiger partial charge in [0.2, 0.25) is 0 Å². The number of para-hydroxylation sites is 1. The molecule has 5 heteroatoms. The van der Waals surface area contributed by atoms with Crippen molar-refractivity contribution in [2.24, 2.45) is 0 Å². The predicted octanol–water partition coefficient (Wildman–Crippen LogP) is 4.00. The van der Waals surface area contributed by atoms with Crippen molar-refractivity contribution in [1.29, 1.82) is 0 Å². The average Bonchev–Trinajstić information content (AvgIpc) is 2.89. The second-order valence-corrected chi connectivity index (χ2v) is 5.31. The fourth-order valence-electron chi connectivity index (χ4n) is 2.52. The molecule has 0 aliphatic heterocycles. The molecule has 1 atom stereocenters. The average molecular weight is 287 g/mol. The summed E-state index contributed by atoms with van der Waals surface area (Å²) in [6.07, 6.45) is 0.0691. The highest BCUT2D eigenvalue weighted by Gasteiger charge is 2.34. The number of hydrogen-bond donors (Lipinski definition) is 1. The minimum atomic E-state index is -4.38. The fraction of sp³-hybridized carbons (Fsp3) is 0.600. The maximum atomic E-state index is 12.8. The van der Waals surface area contributed by atoms with E-state index in [1.165, 1.54) is 25.0 Å². The number of nitrogens with one attached hydrogen (secondary N) is 1. The van der Waals surface area contributed by atoms with Crippen molar-refractivity contribution in [3.05, 3.63) is 29.8 Å². The van der Waals surface area contributed by atoms with Gasteiger partial charge < -0.3 is 10.1 Å². The second kappa shape index (κ2) is 6.48. The Bertz CT molecular complexity index is 427. The zero-order chi connectivity index (χ0) is 14.6. The molecule has 0 bridgehead atoms. The highest BCUT2D eigenvalue weighted by atomic mass is 19.4. The van der Waals surface area contributed by atoms with Crippen LogP contribution < -0.4 is 10.1 Å². The first-order valence-corrected chi connectivity index (χ1v) is 7.03. The second-order valence-electron chi connectivity index (χ2n) is 5.31. The third kappa shape index (κ3) is 4.13. The van der Waals surface area contributed by atoms with E-state index in [-0.39, 0.29) is 11.9 Å². The van der Waals surface area contributed by atoms with Gasteiger partial charge in [-0.05, 0) is 31.9 Å². The molecule has 1 aromatic rings. The Labute approximate surface area is 117 Å². The van der Waals surface area contributed by atoms with Crippen LogP contribution in [0, 0.1) is 0 Å². The molecule has 2 nitrogen and oxygen atoms in total. The molecule has 2 rings (SSSR count). The minimum absolute atomic E-state index is 0.0966. The van der Waals surface area contributed by atoms with Gasteiger partial charge in [0.25, 0.3) is 0 Å². The summed E-state index contributed by atoms with van der Waals surface area (Å²) in [5, 5.41) is 3.35. The smallest absolute Gasteiger partial charge is 0.419 e. The number of ether oxygens (including phenoxy) is 1. The van der Waals surface area contributed by atoms with Crippen molar-refractivity contribution in [3.63, 3.8) is 0 Å². The summed E-state index contributed by atoms with van der Waals surface area (Å²) in [6, 6.07) is 5.83. The predicted molar refractivity (Wildman–Crippen MR) is 71.8 cm³/mol. The van der Waals surface area contributed by atoms with Crippen molar-refractivity contribution in [1.82, 2.24) is 5.32 Å². The van der Waals surface area contributed by atoms with Crippen LogP contribution in [0.25, 0.3) is 0 Å². The van der Waals surface area contributed by atoms with Gasteiger partial charge in [0, 0.05) is 12.6 Å². The Balaban J connectivity index is 1.92. The van der Waals surface area contributed by atoms with Crippen molar-refractivity contribution in [3.8, 4) is 5.75 Å². The summed E-state index contributed by atoms with van der Waals surface area (Å²) < 4.78 is 44.0. The number of hydrogen-bond acceptors (Lipinski definition) is 2. The molecule has 0 spiro atoms. The molecule has 0 amide bonds. The number of halogens is 3. The van der Waals surface area contributed by atoms with Gasteiger partial charge in [0.1, 0.15) is 11.9 Å². The largest absolute Gasteiger partial charge is 0.489 e. The Hall–Kier alpha value is -1.23. The quantitative estimate of drug-likeness (QED) is 0.883. The van der Waals surface area contributed by atoms with Gasteiger partial charge in [-0.2, -0.15) is 13.2 Å². The molecule has 1 N–H and O–H groups in total. The first-order chi connectivity index (χ1) is 9.47. The van der Waals surface area contributed by atoms with Gasteiger partial charge in [-0.15, -0.1) is 0 Å². The summed E-state index contributed by atoms with van der Waals surface area (Å²) in [7, 11) is 0. The molecule has 1 aliphatic carbocycles. The van der Waals surface area contributed by atoms with Crippen LogP contribution in [0.3, 0.4) is 0 Å². The Morgan fingerprint density at radius 1 is 1.25 bits per heavy atom. The molecule has 1 unspecified atom stereocenters. The van der Waals surface area contributed by atoms with E-state index in [0.717, 1.165) is 18.9 Å². The molecule has 0 aromatic heterocycles. The molecule has 112 valence electrons. The molecule has 1 fully saturated rings. The van der Waals surface area contributed by atoms with Gasteiger partial charge in [0.15, 0.2) is 0 Å². The monoisotopic (exact) mass is 287 g/mol. The van der Waals surface area contributed by atoms with Crippen LogP contribution in [0.2, 0.25) is 0 Å². The van der Waals surface area contributed by atoms with Gasteiger partial charge in [0.05, 0.1) is 5.56 Å². The number of benzene rings is 1. The molecule has 1 aromatic carbocycles. The minimum Gasteiger partial charge on any atom is -0.489 e. The van der Waals surface area contributed by atoms with E-state index in [9.17, 15) is 13.2 Å². The maximum Gasteiger partial charge on any atom is 0.419 e. The van der Waals surface area contributed by atoms with E-state index in [2.05, 4.69) is 5.32 Å². The Morgan fingerprint density at radius 2 is 1.90 bits per heavy atom. The summed E-state index contributed by atoms with van der Waals surface area (Å²) in [4.78, 5) is 0. The molecular formula is C15H20F3NO. The van der Waals surface area contributed by atoms with Crippen LogP contribution >= 0.6 is 0 Å². The number of rotatable bonds is 5. The number of alkyl halides is 3. The van der Waals surface area contributed by atoms with Crippen LogP contribution in [-0.2, 0) is 6.18 Å². The van der Waals surface area contributed by atoms with Crippen LogP contribution in [0.1, 0.15) is 38.2 Å². The fourth-order valence-corrected chi connectivity index (χ4v) is 2.52. The van der Waals surface area contributed by atoms with E-state index in [1.807, 2.05) is 0 Å². The Morgan fingerprint density at radius 3 is 2.55 bits per heavy atom. The van der Waals surface area contributed by atoms with Gasteiger partial charge in [-0.3, -0.25) is 0 Å². The maximum absolute atomic E-state index is 12.8. The molecule has 1 aliphatic rings. The van der Waals surface area contributed by atoms with Crippen molar-refractivity contribution in [2.45, 2.75) is 50.9 Å². The van der Waals surface area contributed by atoms with E-state index in [4.69, 9.17) is 4.74 Å². The molecule has 1 saturated carbocycles. The van der Waals surface area contributed by atoms with Crippen molar-refractivity contribution in [2.75, 3.05) is 6.54 Å². The lowest BCUT2D eigenvalue weighted by Gasteiger charge is -2.20. The molecule has 0 radical (unpaired) electrons. The lowest BCUT2D eigenvalue weighted by Crippen LogP contribution is -2.35. The molecular weight excluding hydrogens is 267 g/mol. The summed E-state index contributed by atoms with van der Waals surface area (Å²) in [5.74, 6) is -0.0966. The highest BCUT2D eigenvalue weighted by molar-refractivity contribution is 5.35. The van der Waals surface area contributed by atoms with Crippen molar-refractivity contribution < 1.29 is 17.9 Å². The summed E-state index contributed by atoms with van der Waals surface area (Å²) in [6.45, 7) is 2.35. The van der Waals surface area contributed by atoms with Crippen molar-refractivity contribution >= 4 is 0 Å². The normalized spacial score (nSPS) is 18.2. The first-order valence-electron chi connectivity index (χ1n) is 7.03. The van der Waals surface area contributed by atoms with E-state index in [1.54, 1.807) is 13.0 Å². The third-order valence-corrected chi connectivity index (χ3v) is 3.57. The first kappa shape index (κ1) is 15.2. The lowest BCUT2D eigenvalue weighted by molar-refractivity contribution is -0.139. The van der Waals surface area contributed by atoms with Gasteiger partial charge in [-0.1, -0.05) is 25.0 Å². The third-order valence-electron chi connectivity index (χ3n) is 3.57. The van der Waals surface area contributed by atoms with E-state index < -0.39 is 11.7 Å². The molecule has 0 saturated heterocycles. The van der Waals surface area contributed by atoms with Gasteiger partial charge in [-0.25, -0.2) is 0 Å². The van der Waals surface area contributed by atoms with Crippen LogP contribution in [0.15, 0.2) is 24.3 Å². The van der Waals surface area contributed by atoms with Crippen LogP contribution in [0.4, 0.5) is 13.2 Å². The summed E-state index contributed by atoms with van der Waals surface area (Å²) >= 11 is 0. The lowest BCUT2D eigenvalue weighted by atomic mass is 10.2. The summed E-state index contributed by atoms with van der Waals surface area (Å²) in [5.41, 5.74) is -0.715. The standard InChI is InChI=1S/C15H20F3NO/c1-11(10-19-12-6-2-3-7-12)20-14-9-5-4-8-13(14)15(16,17)18/h4-5,8-9,11-12,19H,2-3,6-7,10H2,1H3. The van der Waals surface area contributed by atoms with Gasteiger partial charge >= 0.3 is 6.18 Å².